The highest BCUT2D eigenvalue weighted by Gasteiger charge is 2.28. The molecule has 5 rings (SSSR count). The van der Waals surface area contributed by atoms with Gasteiger partial charge in [-0.05, 0) is 37.1 Å². The van der Waals surface area contributed by atoms with Crippen molar-refractivity contribution in [3.8, 4) is 0 Å². The molecule has 144 valence electrons. The van der Waals surface area contributed by atoms with E-state index >= 15 is 0 Å². The van der Waals surface area contributed by atoms with Crippen LogP contribution in [0.5, 0.6) is 0 Å². The minimum atomic E-state index is -0.119. The van der Waals surface area contributed by atoms with Gasteiger partial charge in [0.15, 0.2) is 0 Å². The van der Waals surface area contributed by atoms with E-state index in [0.717, 1.165) is 23.7 Å². The van der Waals surface area contributed by atoms with E-state index in [4.69, 9.17) is 0 Å². The molecular formula is C23H20N4O2. The number of hydrogen-bond acceptors (Lipinski definition) is 4. The third kappa shape index (κ3) is 3.49. The smallest absolute Gasteiger partial charge is 0.261 e. The zero-order chi connectivity index (χ0) is 19.8. The van der Waals surface area contributed by atoms with Crippen LogP contribution in [0.1, 0.15) is 31.1 Å². The van der Waals surface area contributed by atoms with Gasteiger partial charge in [0.05, 0.1) is 28.3 Å². The van der Waals surface area contributed by atoms with E-state index in [9.17, 15) is 9.59 Å². The van der Waals surface area contributed by atoms with Crippen molar-refractivity contribution in [3.05, 3.63) is 77.0 Å². The second-order valence-corrected chi connectivity index (χ2v) is 7.42. The predicted octanol–water partition coefficient (Wildman–Crippen LogP) is 3.85. The fraction of sp³-hybridized carbons (Fsp3) is 0.217. The molecule has 2 aromatic heterocycles. The average molecular weight is 384 g/mol. The maximum Gasteiger partial charge on any atom is 0.261 e. The van der Waals surface area contributed by atoms with Gasteiger partial charge in [0.2, 0.25) is 5.91 Å². The normalized spacial score (nSPS) is 13.7. The third-order valence-electron chi connectivity index (χ3n) is 5.24. The van der Waals surface area contributed by atoms with Crippen LogP contribution in [0.4, 0.5) is 5.69 Å². The molecule has 1 aliphatic carbocycles. The topological polar surface area (TPSA) is 76.9 Å². The van der Waals surface area contributed by atoms with Crippen LogP contribution >= 0.6 is 0 Å². The van der Waals surface area contributed by atoms with E-state index in [-0.39, 0.29) is 23.9 Å². The van der Waals surface area contributed by atoms with Gasteiger partial charge in [0.25, 0.3) is 5.56 Å². The molecule has 0 saturated heterocycles. The van der Waals surface area contributed by atoms with Crippen LogP contribution in [-0.2, 0) is 11.2 Å². The summed E-state index contributed by atoms with van der Waals surface area (Å²) in [6.45, 7) is 0. The predicted molar refractivity (Wildman–Crippen MR) is 113 cm³/mol. The quantitative estimate of drug-likeness (QED) is 0.567. The number of aromatic nitrogens is 3. The number of aryl methyl sites for hydroxylation is 1. The van der Waals surface area contributed by atoms with Crippen molar-refractivity contribution in [1.29, 1.82) is 0 Å². The van der Waals surface area contributed by atoms with Crippen LogP contribution in [0.15, 0.2) is 65.6 Å². The van der Waals surface area contributed by atoms with Gasteiger partial charge in [0, 0.05) is 24.3 Å². The van der Waals surface area contributed by atoms with Gasteiger partial charge < -0.3 is 5.32 Å². The number of amides is 1. The Morgan fingerprint density at radius 1 is 1.07 bits per heavy atom. The van der Waals surface area contributed by atoms with Gasteiger partial charge in [-0.3, -0.25) is 19.1 Å². The molecule has 4 aromatic rings. The Morgan fingerprint density at radius 2 is 1.83 bits per heavy atom. The molecule has 1 amide bonds. The van der Waals surface area contributed by atoms with Crippen molar-refractivity contribution in [2.45, 2.75) is 31.7 Å². The van der Waals surface area contributed by atoms with Gasteiger partial charge in [-0.25, -0.2) is 4.98 Å². The minimum Gasteiger partial charge on any atom is -0.325 e. The summed E-state index contributed by atoms with van der Waals surface area (Å²) in [6.07, 6.45) is 4.31. The number of fused-ring (bicyclic) bond motifs is 2. The number of benzene rings is 2. The number of carbonyl (C=O) groups is 1. The van der Waals surface area contributed by atoms with Crippen LogP contribution < -0.4 is 10.9 Å². The number of para-hydroxylation sites is 2. The molecular weight excluding hydrogens is 364 g/mol. The Labute approximate surface area is 167 Å². The largest absolute Gasteiger partial charge is 0.325 e. The first-order valence-corrected chi connectivity index (χ1v) is 9.84. The molecule has 1 aliphatic rings. The summed E-state index contributed by atoms with van der Waals surface area (Å²) < 4.78 is 1.78. The van der Waals surface area contributed by atoms with Crippen molar-refractivity contribution in [3.63, 3.8) is 0 Å². The van der Waals surface area contributed by atoms with Crippen LogP contribution in [0.25, 0.3) is 21.8 Å². The minimum absolute atomic E-state index is 0.00719. The highest BCUT2D eigenvalue weighted by Crippen LogP contribution is 2.35. The molecule has 1 fully saturated rings. The summed E-state index contributed by atoms with van der Waals surface area (Å²) in [5, 5.41) is 4.51. The van der Waals surface area contributed by atoms with Crippen molar-refractivity contribution >= 4 is 33.4 Å². The average Bonchev–Trinajstić information content (AvgIpc) is 3.57. The Hall–Kier alpha value is -3.54. The van der Waals surface area contributed by atoms with Gasteiger partial charge in [-0.15, -0.1) is 0 Å². The summed E-state index contributed by atoms with van der Waals surface area (Å²) in [7, 11) is 0. The number of pyridine rings is 1. The van der Waals surface area contributed by atoms with Gasteiger partial charge in [0.1, 0.15) is 5.82 Å². The van der Waals surface area contributed by atoms with Crippen molar-refractivity contribution in [1.82, 2.24) is 14.5 Å². The molecule has 1 saturated carbocycles. The number of anilines is 1. The maximum absolute atomic E-state index is 12.9. The molecule has 0 radical (unpaired) electrons. The van der Waals surface area contributed by atoms with Gasteiger partial charge in [-0.1, -0.05) is 30.3 Å². The molecule has 0 spiro atoms. The van der Waals surface area contributed by atoms with Crippen LogP contribution in [-0.4, -0.2) is 20.4 Å². The van der Waals surface area contributed by atoms with E-state index in [0.29, 0.717) is 28.8 Å². The summed E-state index contributed by atoms with van der Waals surface area (Å²) in [6, 6.07) is 17.3. The lowest BCUT2D eigenvalue weighted by Gasteiger charge is -2.13. The monoisotopic (exact) mass is 384 g/mol. The molecule has 6 nitrogen and oxygen atoms in total. The standard InChI is InChI=1S/C23H20N4O2/c28-22(25-16-13-15-5-1-3-7-19(15)24-14-16)12-11-21-26-20-8-4-2-6-18(20)23(29)27(21)17-9-10-17/h1-8,13-14,17H,9-12H2,(H,25,28). The number of nitrogens with zero attached hydrogens (tertiary/aromatic N) is 3. The molecule has 29 heavy (non-hydrogen) atoms. The highest BCUT2D eigenvalue weighted by atomic mass is 16.1. The number of hydrogen-bond donors (Lipinski definition) is 1. The van der Waals surface area contributed by atoms with Gasteiger partial charge >= 0.3 is 0 Å². The molecule has 0 unspecified atom stereocenters. The molecule has 2 heterocycles. The molecule has 6 heteroatoms. The molecule has 0 atom stereocenters. The Kier molecular flexibility index (Phi) is 4.31. The zero-order valence-electron chi connectivity index (χ0n) is 15.8. The maximum atomic E-state index is 12.9. The second kappa shape index (κ2) is 7.13. The summed E-state index contributed by atoms with van der Waals surface area (Å²) in [4.78, 5) is 34.5. The summed E-state index contributed by atoms with van der Waals surface area (Å²) >= 11 is 0. The molecule has 0 aliphatic heterocycles. The Morgan fingerprint density at radius 3 is 2.66 bits per heavy atom. The number of rotatable bonds is 5. The lowest BCUT2D eigenvalue weighted by Crippen LogP contribution is -2.25. The van der Waals surface area contributed by atoms with Crippen molar-refractivity contribution in [2.75, 3.05) is 5.32 Å². The number of nitrogens with one attached hydrogen (secondary N) is 1. The first-order valence-electron chi connectivity index (χ1n) is 9.84. The SMILES string of the molecule is O=C(CCc1nc2ccccc2c(=O)n1C1CC1)Nc1cnc2ccccc2c1. The van der Waals surface area contributed by atoms with E-state index in [1.54, 1.807) is 10.8 Å². The molecule has 2 aromatic carbocycles. The fourth-order valence-corrected chi connectivity index (χ4v) is 3.67. The van der Waals surface area contributed by atoms with Crippen molar-refractivity contribution in [2.24, 2.45) is 0 Å². The van der Waals surface area contributed by atoms with E-state index in [2.05, 4.69) is 15.3 Å². The van der Waals surface area contributed by atoms with E-state index < -0.39 is 0 Å². The lowest BCUT2D eigenvalue weighted by atomic mass is 10.2. The number of carbonyl (C=O) groups excluding carboxylic acids is 1. The fourth-order valence-electron chi connectivity index (χ4n) is 3.67. The Bertz CT molecular complexity index is 1290. The van der Waals surface area contributed by atoms with E-state index in [1.165, 1.54) is 0 Å². The van der Waals surface area contributed by atoms with E-state index in [1.807, 2.05) is 54.6 Å². The third-order valence-corrected chi connectivity index (χ3v) is 5.24. The van der Waals surface area contributed by atoms with Gasteiger partial charge in [-0.2, -0.15) is 0 Å². The lowest BCUT2D eigenvalue weighted by molar-refractivity contribution is -0.116. The first-order chi connectivity index (χ1) is 14.2. The van der Waals surface area contributed by atoms with Crippen LogP contribution in [0, 0.1) is 0 Å². The first kappa shape index (κ1) is 17.6. The highest BCUT2D eigenvalue weighted by molar-refractivity contribution is 5.93. The second-order valence-electron chi connectivity index (χ2n) is 7.42. The summed E-state index contributed by atoms with van der Waals surface area (Å²) in [5.41, 5.74) is 2.23. The zero-order valence-corrected chi connectivity index (χ0v) is 15.8. The Balaban J connectivity index is 1.36. The van der Waals surface area contributed by atoms with Crippen molar-refractivity contribution < 1.29 is 4.79 Å². The summed E-state index contributed by atoms with van der Waals surface area (Å²) in [5.74, 6) is 0.565. The molecule has 0 bridgehead atoms. The molecule has 1 N–H and O–H groups in total. The van der Waals surface area contributed by atoms with Crippen LogP contribution in [0.3, 0.4) is 0 Å². The van der Waals surface area contributed by atoms with Crippen LogP contribution in [0.2, 0.25) is 0 Å².